The second-order valence-electron chi connectivity index (χ2n) is 10.3. The van der Waals surface area contributed by atoms with E-state index in [0.29, 0.717) is 28.6 Å². The Kier molecular flexibility index (Phi) is 6.89. The van der Waals surface area contributed by atoms with Crippen molar-refractivity contribution in [2.24, 2.45) is 0 Å². The number of nitriles is 2. The molecule has 6 aromatic carbocycles. The van der Waals surface area contributed by atoms with Crippen LogP contribution in [0.1, 0.15) is 11.1 Å². The van der Waals surface area contributed by atoms with Crippen LogP contribution in [0.4, 0.5) is 0 Å². The lowest BCUT2D eigenvalue weighted by Gasteiger charge is -2.13. The molecule has 0 atom stereocenters. The summed E-state index contributed by atoms with van der Waals surface area (Å²) in [6, 6.07) is 50.2. The molecule has 1 heterocycles. The van der Waals surface area contributed by atoms with Crippen molar-refractivity contribution in [2.75, 3.05) is 0 Å². The number of rotatable bonds is 5. The first-order valence-electron chi connectivity index (χ1n) is 14.2. The molecular weight excluding hydrogens is 538 g/mol. The Hall–Kier alpha value is -6.43. The van der Waals surface area contributed by atoms with E-state index in [-0.39, 0.29) is 0 Å². The summed E-state index contributed by atoms with van der Waals surface area (Å²) in [5.41, 5.74) is 7.13. The van der Waals surface area contributed by atoms with Gasteiger partial charge in [0.15, 0.2) is 17.5 Å². The highest BCUT2D eigenvalue weighted by atomic mass is 15.0. The van der Waals surface area contributed by atoms with E-state index < -0.39 is 0 Å². The average molecular weight is 562 g/mol. The number of nitrogens with zero attached hydrogens (tertiary/aromatic N) is 5. The van der Waals surface area contributed by atoms with Crippen molar-refractivity contribution in [3.05, 3.63) is 151 Å². The molecule has 0 aliphatic rings. The van der Waals surface area contributed by atoms with E-state index in [2.05, 4.69) is 42.5 Å². The second-order valence-corrected chi connectivity index (χ2v) is 10.3. The predicted molar refractivity (Wildman–Crippen MR) is 174 cm³/mol. The van der Waals surface area contributed by atoms with Gasteiger partial charge in [0, 0.05) is 22.3 Å². The molecule has 0 fully saturated rings. The van der Waals surface area contributed by atoms with Crippen LogP contribution in [0.5, 0.6) is 0 Å². The molecular formula is C39H23N5. The third-order valence-electron chi connectivity index (χ3n) is 7.62. The molecule has 0 saturated heterocycles. The first-order valence-corrected chi connectivity index (χ1v) is 14.2. The lowest BCUT2D eigenvalue weighted by molar-refractivity contribution is 1.07. The van der Waals surface area contributed by atoms with Gasteiger partial charge >= 0.3 is 0 Å². The zero-order valence-electron chi connectivity index (χ0n) is 23.5. The van der Waals surface area contributed by atoms with Crippen LogP contribution in [-0.2, 0) is 0 Å². The van der Waals surface area contributed by atoms with E-state index >= 15 is 0 Å². The number of benzene rings is 6. The zero-order chi connectivity index (χ0) is 29.9. The highest BCUT2D eigenvalue weighted by molar-refractivity contribution is 6.01. The fraction of sp³-hybridized carbons (Fsp3) is 0. The van der Waals surface area contributed by atoms with E-state index in [0.717, 1.165) is 49.7 Å². The minimum atomic E-state index is 0.367. The van der Waals surface area contributed by atoms with Crippen LogP contribution in [-0.4, -0.2) is 15.0 Å². The zero-order valence-corrected chi connectivity index (χ0v) is 23.5. The Balaban J connectivity index is 1.34. The number of hydrogen-bond acceptors (Lipinski definition) is 5. The molecule has 0 N–H and O–H groups in total. The maximum atomic E-state index is 9.96. The molecule has 0 bridgehead atoms. The Morgan fingerprint density at radius 2 is 0.955 bits per heavy atom. The summed E-state index contributed by atoms with van der Waals surface area (Å²) in [5, 5.41) is 21.7. The van der Waals surface area contributed by atoms with E-state index in [1.807, 2.05) is 103 Å². The first-order chi connectivity index (χ1) is 21.7. The number of aromatic nitrogens is 3. The molecule has 44 heavy (non-hydrogen) atoms. The van der Waals surface area contributed by atoms with E-state index in [9.17, 15) is 10.5 Å². The molecule has 0 aliphatic heterocycles. The molecule has 7 rings (SSSR count). The summed E-state index contributed by atoms with van der Waals surface area (Å²) < 4.78 is 0. The quantitative estimate of drug-likeness (QED) is 0.209. The van der Waals surface area contributed by atoms with Gasteiger partial charge in [0.05, 0.1) is 11.1 Å². The molecule has 5 nitrogen and oxygen atoms in total. The molecule has 1 aromatic heterocycles. The van der Waals surface area contributed by atoms with Crippen molar-refractivity contribution in [3.8, 4) is 68.6 Å². The largest absolute Gasteiger partial charge is 0.208 e. The lowest BCUT2D eigenvalue weighted by atomic mass is 9.89. The molecule has 0 spiro atoms. The van der Waals surface area contributed by atoms with Gasteiger partial charge in [0.2, 0.25) is 0 Å². The lowest BCUT2D eigenvalue weighted by Crippen LogP contribution is -2.00. The summed E-state index contributed by atoms with van der Waals surface area (Å²) in [7, 11) is 0. The molecule has 0 aliphatic carbocycles. The Labute approximate surface area is 255 Å². The van der Waals surface area contributed by atoms with Crippen molar-refractivity contribution in [1.29, 1.82) is 10.5 Å². The third kappa shape index (κ3) is 4.96. The fourth-order valence-electron chi connectivity index (χ4n) is 5.44. The highest BCUT2D eigenvalue weighted by Gasteiger charge is 2.15. The molecule has 7 aromatic rings. The fourth-order valence-corrected chi connectivity index (χ4v) is 5.44. The standard InChI is InChI=1S/C39H23N5/c40-24-31-15-9-17-34(36(31)25-41)35-23-32(22-30-14-7-8-16-33(30)35)26-18-20-29(21-19-26)39-43-37(27-10-3-1-4-11-27)42-38(44-39)28-12-5-2-6-13-28/h1-23H. The molecule has 0 saturated carbocycles. The van der Waals surface area contributed by atoms with Crippen molar-refractivity contribution < 1.29 is 0 Å². The number of hydrogen-bond donors (Lipinski definition) is 0. The van der Waals surface area contributed by atoms with E-state index in [1.54, 1.807) is 6.07 Å². The van der Waals surface area contributed by atoms with Gasteiger partial charge in [-0.3, -0.25) is 0 Å². The maximum Gasteiger partial charge on any atom is 0.164 e. The van der Waals surface area contributed by atoms with Gasteiger partial charge in [-0.05, 0) is 45.7 Å². The van der Waals surface area contributed by atoms with Crippen molar-refractivity contribution in [1.82, 2.24) is 15.0 Å². The summed E-state index contributed by atoms with van der Waals surface area (Å²) >= 11 is 0. The van der Waals surface area contributed by atoms with E-state index in [1.165, 1.54) is 0 Å². The first kappa shape index (κ1) is 26.5. The number of fused-ring (bicyclic) bond motifs is 1. The van der Waals surface area contributed by atoms with Crippen LogP contribution in [0.25, 0.3) is 67.2 Å². The van der Waals surface area contributed by atoms with Crippen LogP contribution in [0.3, 0.4) is 0 Å². The van der Waals surface area contributed by atoms with Crippen LogP contribution in [0.2, 0.25) is 0 Å². The molecule has 0 radical (unpaired) electrons. The van der Waals surface area contributed by atoms with Gasteiger partial charge in [0.25, 0.3) is 0 Å². The Bertz CT molecular complexity index is 2170. The summed E-state index contributed by atoms with van der Waals surface area (Å²) in [6.07, 6.45) is 0. The Morgan fingerprint density at radius 1 is 0.409 bits per heavy atom. The van der Waals surface area contributed by atoms with Crippen LogP contribution < -0.4 is 0 Å². The normalized spacial score (nSPS) is 10.7. The molecule has 204 valence electrons. The topological polar surface area (TPSA) is 86.2 Å². The minimum Gasteiger partial charge on any atom is -0.208 e. The average Bonchev–Trinajstić information content (AvgIpc) is 3.11. The third-order valence-corrected chi connectivity index (χ3v) is 7.62. The summed E-state index contributed by atoms with van der Waals surface area (Å²) in [4.78, 5) is 14.5. The van der Waals surface area contributed by atoms with Gasteiger partial charge in [-0.25, -0.2) is 15.0 Å². The highest BCUT2D eigenvalue weighted by Crippen LogP contribution is 2.37. The summed E-state index contributed by atoms with van der Waals surface area (Å²) in [6.45, 7) is 0. The van der Waals surface area contributed by atoms with Crippen LogP contribution in [0.15, 0.2) is 140 Å². The minimum absolute atomic E-state index is 0.367. The SMILES string of the molecule is N#Cc1cccc(-c2cc(-c3ccc(-c4nc(-c5ccccc5)nc(-c5ccccc5)n4)cc3)cc3ccccc23)c1C#N. The predicted octanol–water partition coefficient (Wildman–Crippen LogP) is 9.10. The van der Waals surface area contributed by atoms with Crippen molar-refractivity contribution >= 4 is 10.8 Å². The molecule has 0 unspecified atom stereocenters. The van der Waals surface area contributed by atoms with Crippen LogP contribution >= 0.6 is 0 Å². The molecule has 0 amide bonds. The van der Waals surface area contributed by atoms with Gasteiger partial charge in [-0.1, -0.05) is 121 Å². The van der Waals surface area contributed by atoms with E-state index in [4.69, 9.17) is 15.0 Å². The second kappa shape index (κ2) is 11.4. The summed E-state index contributed by atoms with van der Waals surface area (Å²) in [5.74, 6) is 1.83. The van der Waals surface area contributed by atoms with Gasteiger partial charge in [-0.15, -0.1) is 0 Å². The van der Waals surface area contributed by atoms with Gasteiger partial charge in [0.1, 0.15) is 12.1 Å². The maximum absolute atomic E-state index is 9.96. The Morgan fingerprint density at radius 3 is 1.55 bits per heavy atom. The van der Waals surface area contributed by atoms with Crippen molar-refractivity contribution in [2.45, 2.75) is 0 Å². The van der Waals surface area contributed by atoms with Gasteiger partial charge in [-0.2, -0.15) is 10.5 Å². The van der Waals surface area contributed by atoms with Crippen molar-refractivity contribution in [3.63, 3.8) is 0 Å². The smallest absolute Gasteiger partial charge is 0.164 e. The van der Waals surface area contributed by atoms with Gasteiger partial charge < -0.3 is 0 Å². The molecule has 5 heteroatoms. The monoisotopic (exact) mass is 561 g/mol. The van der Waals surface area contributed by atoms with Crippen LogP contribution in [0, 0.1) is 22.7 Å².